The van der Waals surface area contributed by atoms with Crippen LogP contribution in [0.25, 0.3) is 5.76 Å². The van der Waals surface area contributed by atoms with Crippen LogP contribution in [0, 0.1) is 0 Å². The van der Waals surface area contributed by atoms with Crippen LogP contribution < -0.4 is 4.74 Å². The Morgan fingerprint density at radius 2 is 1.60 bits per heavy atom. The Bertz CT molecular complexity index is 1240. The average Bonchev–Trinajstić information content (AvgIpc) is 3.10. The van der Waals surface area contributed by atoms with Gasteiger partial charge in [-0.05, 0) is 53.3 Å². The van der Waals surface area contributed by atoms with Gasteiger partial charge in [-0.1, -0.05) is 57.2 Å². The van der Waals surface area contributed by atoms with Crippen molar-refractivity contribution in [3.05, 3.63) is 101 Å². The Hall–Kier alpha value is -3.93. The van der Waals surface area contributed by atoms with E-state index in [-0.39, 0.29) is 23.3 Å². The number of hydrogen-bond donors (Lipinski definition) is 1. The third-order valence-electron chi connectivity index (χ3n) is 6.17. The summed E-state index contributed by atoms with van der Waals surface area (Å²) in [5.41, 5.74) is 3.24. The Labute approximate surface area is 205 Å². The zero-order valence-electron chi connectivity index (χ0n) is 20.5. The van der Waals surface area contributed by atoms with Crippen LogP contribution in [0.4, 0.5) is 0 Å². The number of aliphatic hydroxyl groups excluding tert-OH is 1. The number of Topliss-reactive ketones (excluding diaryl/α,β-unsaturated/α-hetero) is 1. The zero-order chi connectivity index (χ0) is 25.2. The number of likely N-dealkylation sites (tertiary alicyclic amines) is 1. The number of amides is 1. The van der Waals surface area contributed by atoms with Crippen LogP contribution in [0.2, 0.25) is 0 Å². The normalized spacial score (nSPS) is 17.6. The standard InChI is InChI=1S/C29H30N2O4/c1-5-35-23-12-6-19(7-13-23)18-31-25(20-8-10-22(11-9-20)29(2,3)4)24(27(33)28(31)34)26(32)21-14-16-30-17-15-21/h6-17,25,32H,5,18H2,1-4H3/b26-24-. The maximum absolute atomic E-state index is 13.2. The van der Waals surface area contributed by atoms with Gasteiger partial charge in [0.2, 0.25) is 0 Å². The second kappa shape index (κ2) is 9.74. The number of ether oxygens (including phenoxy) is 1. The Morgan fingerprint density at radius 3 is 2.17 bits per heavy atom. The van der Waals surface area contributed by atoms with Crippen molar-refractivity contribution in [1.29, 1.82) is 0 Å². The Kier molecular flexibility index (Phi) is 6.74. The number of pyridine rings is 1. The van der Waals surface area contributed by atoms with Crippen LogP contribution in [0.1, 0.15) is 56.0 Å². The van der Waals surface area contributed by atoms with Gasteiger partial charge in [0.1, 0.15) is 11.5 Å². The van der Waals surface area contributed by atoms with Gasteiger partial charge in [-0.3, -0.25) is 14.6 Å². The highest BCUT2D eigenvalue weighted by Crippen LogP contribution is 2.40. The lowest BCUT2D eigenvalue weighted by atomic mass is 9.85. The number of carbonyl (C=O) groups is 2. The molecule has 1 saturated heterocycles. The molecular weight excluding hydrogens is 440 g/mol. The molecule has 0 aliphatic carbocycles. The number of carbonyl (C=O) groups excluding carboxylic acids is 2. The van der Waals surface area contributed by atoms with Crippen LogP contribution >= 0.6 is 0 Å². The number of nitrogens with zero attached hydrogens (tertiary/aromatic N) is 2. The fraction of sp³-hybridized carbons (Fsp3) is 0.276. The molecular formula is C29H30N2O4. The van der Waals surface area contributed by atoms with Gasteiger partial charge in [-0.2, -0.15) is 0 Å². The third kappa shape index (κ3) is 4.97. The molecule has 1 aromatic heterocycles. The second-order valence-corrected chi connectivity index (χ2v) is 9.61. The molecule has 1 N–H and O–H groups in total. The van der Waals surface area contributed by atoms with Crippen LogP contribution in [-0.4, -0.2) is 33.3 Å². The molecule has 1 aliphatic heterocycles. The summed E-state index contributed by atoms with van der Waals surface area (Å²) < 4.78 is 5.52. The molecule has 1 amide bonds. The highest BCUT2D eigenvalue weighted by atomic mass is 16.5. The van der Waals surface area contributed by atoms with E-state index in [9.17, 15) is 14.7 Å². The average molecular weight is 471 g/mol. The second-order valence-electron chi connectivity index (χ2n) is 9.61. The van der Waals surface area contributed by atoms with Gasteiger partial charge in [-0.15, -0.1) is 0 Å². The topological polar surface area (TPSA) is 79.7 Å². The minimum Gasteiger partial charge on any atom is -0.507 e. The fourth-order valence-corrected chi connectivity index (χ4v) is 4.27. The van der Waals surface area contributed by atoms with Crippen LogP contribution in [0.15, 0.2) is 78.6 Å². The molecule has 180 valence electrons. The molecule has 0 radical (unpaired) electrons. The minimum absolute atomic E-state index is 0.0420. The monoisotopic (exact) mass is 470 g/mol. The van der Waals surface area contributed by atoms with Gasteiger partial charge >= 0.3 is 0 Å². The Balaban J connectivity index is 1.79. The van der Waals surface area contributed by atoms with Crippen molar-refractivity contribution in [3.8, 4) is 5.75 Å². The van der Waals surface area contributed by atoms with E-state index in [1.165, 1.54) is 17.3 Å². The van der Waals surface area contributed by atoms with Crippen molar-refractivity contribution in [1.82, 2.24) is 9.88 Å². The quantitative estimate of drug-likeness (QED) is 0.296. The van der Waals surface area contributed by atoms with Gasteiger partial charge in [0.05, 0.1) is 18.2 Å². The molecule has 6 heteroatoms. The zero-order valence-corrected chi connectivity index (χ0v) is 20.5. The van der Waals surface area contributed by atoms with E-state index >= 15 is 0 Å². The van der Waals surface area contributed by atoms with Crippen molar-refractivity contribution in [2.45, 2.75) is 45.7 Å². The molecule has 2 aromatic carbocycles. The predicted molar refractivity (Wildman–Crippen MR) is 135 cm³/mol. The van der Waals surface area contributed by atoms with Crippen LogP contribution in [0.3, 0.4) is 0 Å². The van der Waals surface area contributed by atoms with E-state index in [1.807, 2.05) is 55.5 Å². The first kappa shape index (κ1) is 24.2. The first-order valence-electron chi connectivity index (χ1n) is 11.7. The lowest BCUT2D eigenvalue weighted by Gasteiger charge is -2.26. The van der Waals surface area contributed by atoms with E-state index in [1.54, 1.807) is 12.1 Å². The Morgan fingerprint density at radius 1 is 0.971 bits per heavy atom. The van der Waals surface area contributed by atoms with Gasteiger partial charge in [0.25, 0.3) is 11.7 Å². The number of aromatic nitrogens is 1. The van der Waals surface area contributed by atoms with Gasteiger partial charge in [-0.25, -0.2) is 0 Å². The summed E-state index contributed by atoms with van der Waals surface area (Å²) in [4.78, 5) is 32.0. The molecule has 1 atom stereocenters. The van der Waals surface area contributed by atoms with Crippen molar-refractivity contribution in [2.24, 2.45) is 0 Å². The molecule has 0 saturated carbocycles. The van der Waals surface area contributed by atoms with E-state index in [2.05, 4.69) is 25.8 Å². The van der Waals surface area contributed by atoms with Crippen molar-refractivity contribution in [2.75, 3.05) is 6.61 Å². The smallest absolute Gasteiger partial charge is 0.295 e. The van der Waals surface area contributed by atoms with E-state index in [0.717, 1.165) is 22.4 Å². The summed E-state index contributed by atoms with van der Waals surface area (Å²) in [6.07, 6.45) is 3.08. The molecule has 4 rings (SSSR count). The molecule has 3 aromatic rings. The molecule has 1 aliphatic rings. The SMILES string of the molecule is CCOc1ccc(CN2C(=O)C(=O)/C(=C(\O)c3ccncc3)C2c2ccc(C(C)(C)C)cc2)cc1. The molecule has 0 spiro atoms. The lowest BCUT2D eigenvalue weighted by molar-refractivity contribution is -0.140. The number of ketones is 1. The molecule has 1 unspecified atom stereocenters. The van der Waals surface area contributed by atoms with E-state index in [0.29, 0.717) is 12.2 Å². The lowest BCUT2D eigenvalue weighted by Crippen LogP contribution is -2.29. The van der Waals surface area contributed by atoms with Crippen LogP contribution in [-0.2, 0) is 21.5 Å². The predicted octanol–water partition coefficient (Wildman–Crippen LogP) is 5.40. The van der Waals surface area contributed by atoms with E-state index in [4.69, 9.17) is 4.74 Å². The summed E-state index contributed by atoms with van der Waals surface area (Å²) in [7, 11) is 0. The van der Waals surface area contributed by atoms with Crippen LogP contribution in [0.5, 0.6) is 5.75 Å². The largest absolute Gasteiger partial charge is 0.507 e. The molecule has 35 heavy (non-hydrogen) atoms. The fourth-order valence-electron chi connectivity index (χ4n) is 4.27. The summed E-state index contributed by atoms with van der Waals surface area (Å²) in [5, 5.41) is 11.1. The maximum atomic E-state index is 13.2. The van der Waals surface area contributed by atoms with E-state index < -0.39 is 17.7 Å². The minimum atomic E-state index is -0.719. The summed E-state index contributed by atoms with van der Waals surface area (Å²) in [5.74, 6) is -0.801. The summed E-state index contributed by atoms with van der Waals surface area (Å²) in [6, 6.07) is 17.9. The number of rotatable bonds is 6. The molecule has 0 bridgehead atoms. The van der Waals surface area contributed by atoms with Crippen molar-refractivity contribution >= 4 is 17.4 Å². The third-order valence-corrected chi connectivity index (χ3v) is 6.17. The molecule has 6 nitrogen and oxygen atoms in total. The van der Waals surface area contributed by atoms with Crippen molar-refractivity contribution in [3.63, 3.8) is 0 Å². The van der Waals surface area contributed by atoms with Gasteiger partial charge in [0.15, 0.2) is 0 Å². The number of aliphatic hydroxyl groups is 1. The van der Waals surface area contributed by atoms with Gasteiger partial charge < -0.3 is 14.7 Å². The first-order chi connectivity index (χ1) is 16.7. The maximum Gasteiger partial charge on any atom is 0.295 e. The van der Waals surface area contributed by atoms with Gasteiger partial charge in [0, 0.05) is 24.5 Å². The summed E-state index contributed by atoms with van der Waals surface area (Å²) >= 11 is 0. The first-order valence-corrected chi connectivity index (χ1v) is 11.7. The van der Waals surface area contributed by atoms with Crippen molar-refractivity contribution < 1.29 is 19.4 Å². The highest BCUT2D eigenvalue weighted by molar-refractivity contribution is 6.46. The highest BCUT2D eigenvalue weighted by Gasteiger charge is 2.46. The number of hydrogen-bond acceptors (Lipinski definition) is 5. The summed E-state index contributed by atoms with van der Waals surface area (Å²) in [6.45, 7) is 9.08. The number of benzene rings is 2. The molecule has 1 fully saturated rings. The molecule has 2 heterocycles.